The Kier molecular flexibility index (Phi) is 5.31. The summed E-state index contributed by atoms with van der Waals surface area (Å²) in [7, 11) is 1.62. The minimum Gasteiger partial charge on any atom is -0.497 e. The second kappa shape index (κ2) is 8.05. The Bertz CT molecular complexity index is 1150. The fraction of sp³-hybridized carbons (Fsp3) is 0.182. The van der Waals surface area contributed by atoms with Crippen LogP contribution in [0.4, 0.5) is 4.39 Å². The van der Waals surface area contributed by atoms with Crippen LogP contribution in [-0.4, -0.2) is 22.4 Å². The van der Waals surface area contributed by atoms with E-state index in [0.717, 1.165) is 38.1 Å². The van der Waals surface area contributed by atoms with Crippen LogP contribution in [0.25, 0.3) is 16.2 Å². The molecule has 29 heavy (non-hydrogen) atoms. The molecule has 0 saturated carbocycles. The summed E-state index contributed by atoms with van der Waals surface area (Å²) in [5.41, 5.74) is 3.64. The van der Waals surface area contributed by atoms with Gasteiger partial charge < -0.3 is 10.1 Å². The molecule has 5 nitrogen and oxygen atoms in total. The predicted octanol–water partition coefficient (Wildman–Crippen LogP) is 4.38. The Morgan fingerprint density at radius 1 is 1.17 bits per heavy atom. The van der Waals surface area contributed by atoms with Crippen molar-refractivity contribution in [1.82, 2.24) is 14.7 Å². The number of methoxy groups -OCH3 is 1. The summed E-state index contributed by atoms with van der Waals surface area (Å²) in [5, 5.41) is 2.98. The third-order valence-electron chi connectivity index (χ3n) is 4.76. The summed E-state index contributed by atoms with van der Waals surface area (Å²) in [6, 6.07) is 13.8. The lowest BCUT2D eigenvalue weighted by Crippen LogP contribution is -2.24. The molecule has 0 radical (unpaired) electrons. The number of imidazole rings is 1. The number of hydrogen-bond donors (Lipinski definition) is 1. The Hall–Kier alpha value is -3.19. The minimum absolute atomic E-state index is 0.0346. The highest BCUT2D eigenvalue weighted by Crippen LogP contribution is 2.27. The molecule has 4 aromatic rings. The summed E-state index contributed by atoms with van der Waals surface area (Å²) in [6.07, 6.45) is 2.26. The van der Waals surface area contributed by atoms with E-state index >= 15 is 0 Å². The van der Waals surface area contributed by atoms with Crippen LogP contribution in [0.5, 0.6) is 5.75 Å². The van der Waals surface area contributed by atoms with Crippen molar-refractivity contribution in [1.29, 1.82) is 0 Å². The fourth-order valence-corrected chi connectivity index (χ4v) is 4.13. The molecular weight excluding hydrogens is 389 g/mol. The van der Waals surface area contributed by atoms with Crippen LogP contribution in [-0.2, 0) is 17.8 Å². The number of aryl methyl sites for hydroxylation is 1. The van der Waals surface area contributed by atoms with Gasteiger partial charge in [-0.05, 0) is 48.9 Å². The van der Waals surface area contributed by atoms with Crippen LogP contribution in [0.1, 0.15) is 16.1 Å². The Balaban J connectivity index is 1.42. The van der Waals surface area contributed by atoms with E-state index in [0.29, 0.717) is 13.0 Å². The lowest BCUT2D eigenvalue weighted by atomic mass is 10.1. The van der Waals surface area contributed by atoms with Gasteiger partial charge >= 0.3 is 0 Å². The number of hydrogen-bond acceptors (Lipinski definition) is 4. The van der Waals surface area contributed by atoms with Crippen molar-refractivity contribution < 1.29 is 13.9 Å². The Morgan fingerprint density at radius 3 is 2.55 bits per heavy atom. The molecule has 0 aliphatic heterocycles. The van der Waals surface area contributed by atoms with Crippen molar-refractivity contribution in [3.63, 3.8) is 0 Å². The summed E-state index contributed by atoms with van der Waals surface area (Å²) in [5.74, 6) is 0.470. The number of fused-ring (bicyclic) bond motifs is 1. The molecule has 7 heteroatoms. The first-order valence-corrected chi connectivity index (χ1v) is 9.98. The maximum atomic E-state index is 13.1. The molecule has 0 atom stereocenters. The summed E-state index contributed by atoms with van der Waals surface area (Å²) in [6.45, 7) is 2.46. The third-order valence-corrected chi connectivity index (χ3v) is 5.92. The lowest BCUT2D eigenvalue weighted by Gasteiger charge is -2.06. The average molecular weight is 409 g/mol. The topological polar surface area (TPSA) is 55.6 Å². The van der Waals surface area contributed by atoms with Gasteiger partial charge in [0.05, 0.1) is 25.8 Å². The molecule has 2 heterocycles. The largest absolute Gasteiger partial charge is 0.497 e. The number of nitrogens with zero attached hydrogens (tertiary/aromatic N) is 2. The van der Waals surface area contributed by atoms with E-state index in [-0.39, 0.29) is 11.7 Å². The van der Waals surface area contributed by atoms with Crippen molar-refractivity contribution in [2.75, 3.05) is 7.11 Å². The van der Waals surface area contributed by atoms with Gasteiger partial charge in [-0.25, -0.2) is 9.37 Å². The molecular formula is C22H20FN3O2S. The molecule has 0 saturated heterocycles. The van der Waals surface area contributed by atoms with Crippen molar-refractivity contribution in [2.45, 2.75) is 19.9 Å². The van der Waals surface area contributed by atoms with Crippen LogP contribution in [0.3, 0.4) is 0 Å². The summed E-state index contributed by atoms with van der Waals surface area (Å²) >= 11 is 1.54. The maximum Gasteiger partial charge on any atom is 0.224 e. The van der Waals surface area contributed by atoms with Crippen LogP contribution < -0.4 is 10.1 Å². The number of nitrogens with one attached hydrogen (secondary N) is 1. The van der Waals surface area contributed by atoms with Gasteiger partial charge in [0.15, 0.2) is 4.96 Å². The second-order valence-corrected chi connectivity index (χ2v) is 7.76. The lowest BCUT2D eigenvalue weighted by molar-refractivity contribution is -0.120. The molecule has 0 aliphatic rings. The number of aromatic nitrogens is 2. The van der Waals surface area contributed by atoms with E-state index in [4.69, 9.17) is 4.74 Å². The molecule has 0 fully saturated rings. The van der Waals surface area contributed by atoms with Gasteiger partial charge in [-0.1, -0.05) is 23.5 Å². The quantitative estimate of drug-likeness (QED) is 0.514. The zero-order valence-corrected chi connectivity index (χ0v) is 16.9. The first-order valence-electron chi connectivity index (χ1n) is 9.16. The van der Waals surface area contributed by atoms with Gasteiger partial charge in [0, 0.05) is 22.3 Å². The van der Waals surface area contributed by atoms with E-state index in [1.54, 1.807) is 30.6 Å². The third kappa shape index (κ3) is 4.14. The van der Waals surface area contributed by atoms with E-state index in [2.05, 4.69) is 10.3 Å². The molecule has 148 valence electrons. The monoisotopic (exact) mass is 409 g/mol. The SMILES string of the molecule is COc1ccc(CC(=O)NCc2sc3nc(-c4ccc(F)cc4)cn3c2C)cc1. The predicted molar refractivity (Wildman–Crippen MR) is 112 cm³/mol. The van der Waals surface area contributed by atoms with Crippen molar-refractivity contribution >= 4 is 22.2 Å². The van der Waals surface area contributed by atoms with Gasteiger partial charge in [0.1, 0.15) is 11.6 Å². The van der Waals surface area contributed by atoms with Gasteiger partial charge in [0.2, 0.25) is 5.91 Å². The van der Waals surface area contributed by atoms with E-state index in [1.807, 2.05) is 41.8 Å². The highest BCUT2D eigenvalue weighted by Gasteiger charge is 2.14. The smallest absolute Gasteiger partial charge is 0.224 e. The van der Waals surface area contributed by atoms with E-state index in [1.165, 1.54) is 12.1 Å². The molecule has 0 aliphatic carbocycles. The van der Waals surface area contributed by atoms with Crippen LogP contribution in [0, 0.1) is 12.7 Å². The average Bonchev–Trinajstić information content (AvgIpc) is 3.27. The number of carbonyl (C=O) groups is 1. The number of ether oxygens (including phenoxy) is 1. The number of rotatable bonds is 6. The van der Waals surface area contributed by atoms with Crippen molar-refractivity contribution in [3.8, 4) is 17.0 Å². The molecule has 4 rings (SSSR count). The minimum atomic E-state index is -0.265. The second-order valence-electron chi connectivity index (χ2n) is 6.70. The number of benzene rings is 2. The Morgan fingerprint density at radius 2 is 1.90 bits per heavy atom. The number of amides is 1. The molecule has 2 aromatic carbocycles. The van der Waals surface area contributed by atoms with Crippen molar-refractivity contribution in [3.05, 3.63) is 76.7 Å². The molecule has 0 unspecified atom stereocenters. The van der Waals surface area contributed by atoms with E-state index < -0.39 is 0 Å². The molecule has 0 bridgehead atoms. The van der Waals surface area contributed by atoms with Crippen molar-refractivity contribution in [2.24, 2.45) is 0 Å². The molecule has 1 N–H and O–H groups in total. The first kappa shape index (κ1) is 19.1. The molecule has 2 aromatic heterocycles. The highest BCUT2D eigenvalue weighted by atomic mass is 32.1. The normalized spacial score (nSPS) is 11.0. The van der Waals surface area contributed by atoms with Gasteiger partial charge in [-0.15, -0.1) is 0 Å². The van der Waals surface area contributed by atoms with Crippen LogP contribution in [0.2, 0.25) is 0 Å². The maximum absolute atomic E-state index is 13.1. The molecule has 0 spiro atoms. The zero-order valence-electron chi connectivity index (χ0n) is 16.1. The van der Waals surface area contributed by atoms with Gasteiger partial charge in [-0.3, -0.25) is 9.20 Å². The first-order chi connectivity index (χ1) is 14.0. The summed E-state index contributed by atoms with van der Waals surface area (Å²) in [4.78, 5) is 18.8. The number of halogens is 1. The number of thiazole rings is 1. The summed E-state index contributed by atoms with van der Waals surface area (Å²) < 4.78 is 20.3. The zero-order chi connectivity index (χ0) is 20.4. The highest BCUT2D eigenvalue weighted by molar-refractivity contribution is 7.17. The number of carbonyl (C=O) groups excluding carboxylic acids is 1. The fourth-order valence-electron chi connectivity index (χ4n) is 3.09. The molecule has 1 amide bonds. The van der Waals surface area contributed by atoms with Gasteiger partial charge in [0.25, 0.3) is 0 Å². The Labute approximate surface area is 171 Å². The van der Waals surface area contributed by atoms with Crippen LogP contribution in [0.15, 0.2) is 54.7 Å². The standard InChI is InChI=1S/C22H20FN3O2S/c1-14-20(12-24-21(27)11-15-3-9-18(28-2)10-4-15)29-22-25-19(13-26(14)22)16-5-7-17(23)8-6-16/h3-10,13H,11-12H2,1-2H3,(H,24,27). The van der Waals surface area contributed by atoms with Gasteiger partial charge in [-0.2, -0.15) is 0 Å². The van der Waals surface area contributed by atoms with E-state index in [9.17, 15) is 9.18 Å². The van der Waals surface area contributed by atoms with Crippen LogP contribution >= 0.6 is 11.3 Å².